The minimum absolute atomic E-state index is 0.00957. The Labute approximate surface area is 133 Å². The third-order valence-corrected chi connectivity index (χ3v) is 4.33. The normalized spacial score (nSPS) is 21.4. The molecule has 4 nitrogen and oxygen atoms in total. The molecule has 0 unspecified atom stereocenters. The van der Waals surface area contributed by atoms with E-state index in [0.717, 1.165) is 11.3 Å². The average molecular weight is 340 g/mol. The summed E-state index contributed by atoms with van der Waals surface area (Å²) in [5.74, 6) is -0.981. The van der Waals surface area contributed by atoms with Crippen LogP contribution in [0.5, 0.6) is 0 Å². The minimum Gasteiger partial charge on any atom is -0.362 e. The zero-order valence-corrected chi connectivity index (χ0v) is 12.4. The molecule has 1 aliphatic rings. The first-order valence-electron chi connectivity index (χ1n) is 6.63. The number of hydrogen-bond acceptors (Lipinski definition) is 4. The van der Waals surface area contributed by atoms with E-state index in [1.807, 2.05) is 0 Å². The molecule has 8 heteroatoms. The second kappa shape index (κ2) is 5.47. The monoisotopic (exact) mass is 340 g/mol. The quantitative estimate of drug-likeness (QED) is 0.912. The highest BCUT2D eigenvalue weighted by Crippen LogP contribution is 2.42. The maximum Gasteiger partial charge on any atom is 0.438 e. The number of rotatable bonds is 2. The molecule has 0 aliphatic carbocycles. The minimum atomic E-state index is -5.03. The van der Waals surface area contributed by atoms with Crippen molar-refractivity contribution in [2.45, 2.75) is 18.3 Å². The summed E-state index contributed by atoms with van der Waals surface area (Å²) in [6, 6.07) is 11.1. The van der Waals surface area contributed by atoms with Crippen LogP contribution in [0, 0.1) is 0 Å². The van der Waals surface area contributed by atoms with Gasteiger partial charge < -0.3 is 5.11 Å². The standard InChI is InChI=1S/C15H11F3N2O2S/c16-15(17,18)14(22)9-11(10-5-2-1-3-6-10)19-20(14)13(21)12-7-4-8-23-12/h1-8,22H,9H2/t14-/m1/s1. The lowest BCUT2D eigenvalue weighted by molar-refractivity contribution is -0.297. The Morgan fingerprint density at radius 2 is 1.91 bits per heavy atom. The van der Waals surface area contributed by atoms with Gasteiger partial charge in [0.05, 0.1) is 17.0 Å². The predicted octanol–water partition coefficient (Wildman–Crippen LogP) is 3.25. The summed E-state index contributed by atoms with van der Waals surface area (Å²) < 4.78 is 40.1. The Morgan fingerprint density at radius 1 is 1.22 bits per heavy atom. The van der Waals surface area contributed by atoms with Gasteiger partial charge in [-0.3, -0.25) is 4.79 Å². The maximum absolute atomic E-state index is 13.4. The smallest absolute Gasteiger partial charge is 0.362 e. The van der Waals surface area contributed by atoms with Gasteiger partial charge in [-0.15, -0.1) is 11.3 Å². The van der Waals surface area contributed by atoms with Crippen molar-refractivity contribution in [3.63, 3.8) is 0 Å². The zero-order chi connectivity index (χ0) is 16.7. The molecule has 0 saturated carbocycles. The van der Waals surface area contributed by atoms with Crippen molar-refractivity contribution in [2.24, 2.45) is 5.10 Å². The van der Waals surface area contributed by atoms with Crippen molar-refractivity contribution in [1.82, 2.24) is 5.01 Å². The summed E-state index contributed by atoms with van der Waals surface area (Å²) >= 11 is 0.987. The largest absolute Gasteiger partial charge is 0.438 e. The number of alkyl halides is 3. The van der Waals surface area contributed by atoms with Gasteiger partial charge >= 0.3 is 6.18 Å². The molecule has 2 aromatic rings. The van der Waals surface area contributed by atoms with Crippen LogP contribution in [-0.4, -0.2) is 33.6 Å². The fourth-order valence-corrected chi connectivity index (χ4v) is 2.92. The number of carbonyl (C=O) groups is 1. The SMILES string of the molecule is O=C(c1cccs1)N1N=C(c2ccccc2)C[C@@]1(O)C(F)(F)F. The number of amides is 1. The molecule has 1 aromatic heterocycles. The van der Waals surface area contributed by atoms with E-state index in [9.17, 15) is 23.1 Å². The van der Waals surface area contributed by atoms with E-state index in [-0.39, 0.29) is 15.6 Å². The van der Waals surface area contributed by atoms with Crippen molar-refractivity contribution < 1.29 is 23.1 Å². The van der Waals surface area contributed by atoms with Crippen molar-refractivity contribution in [2.75, 3.05) is 0 Å². The molecule has 0 radical (unpaired) electrons. The highest BCUT2D eigenvalue weighted by Gasteiger charge is 2.63. The topological polar surface area (TPSA) is 52.9 Å². The molecule has 0 bridgehead atoms. The molecular weight excluding hydrogens is 329 g/mol. The fraction of sp³-hybridized carbons (Fsp3) is 0.200. The summed E-state index contributed by atoms with van der Waals surface area (Å²) in [4.78, 5) is 12.4. The van der Waals surface area contributed by atoms with Crippen LogP contribution in [0.1, 0.15) is 21.7 Å². The second-order valence-corrected chi connectivity index (χ2v) is 5.95. The van der Waals surface area contributed by atoms with Gasteiger partial charge in [0.1, 0.15) is 0 Å². The van der Waals surface area contributed by atoms with E-state index in [1.54, 1.807) is 41.8 Å². The molecule has 0 spiro atoms. The summed E-state index contributed by atoms with van der Waals surface area (Å²) in [7, 11) is 0. The van der Waals surface area contributed by atoms with Crippen LogP contribution in [-0.2, 0) is 0 Å². The van der Waals surface area contributed by atoms with Crippen molar-refractivity contribution >= 4 is 23.0 Å². The van der Waals surface area contributed by atoms with E-state index in [2.05, 4.69) is 5.10 Å². The molecule has 0 saturated heterocycles. The zero-order valence-electron chi connectivity index (χ0n) is 11.6. The molecule has 1 aliphatic heterocycles. The van der Waals surface area contributed by atoms with E-state index in [4.69, 9.17) is 0 Å². The predicted molar refractivity (Wildman–Crippen MR) is 79.1 cm³/mol. The number of aliphatic hydroxyl groups is 1. The first-order chi connectivity index (χ1) is 10.8. The molecule has 120 valence electrons. The number of hydrogen-bond donors (Lipinski definition) is 1. The number of halogens is 3. The van der Waals surface area contributed by atoms with Gasteiger partial charge in [0, 0.05) is 0 Å². The Hall–Kier alpha value is -2.19. The molecule has 2 heterocycles. The van der Waals surface area contributed by atoms with Gasteiger partial charge in [0.2, 0.25) is 0 Å². The van der Waals surface area contributed by atoms with Crippen molar-refractivity contribution in [3.8, 4) is 0 Å². The molecule has 1 amide bonds. The van der Waals surface area contributed by atoms with Crippen molar-refractivity contribution in [1.29, 1.82) is 0 Å². The molecule has 3 rings (SSSR count). The summed E-state index contributed by atoms with van der Waals surface area (Å²) in [5, 5.41) is 15.6. The molecule has 23 heavy (non-hydrogen) atoms. The lowest BCUT2D eigenvalue weighted by atomic mass is 10.0. The Balaban J connectivity index is 2.04. The van der Waals surface area contributed by atoms with Gasteiger partial charge in [0.25, 0.3) is 11.6 Å². The molecule has 0 fully saturated rings. The number of hydrazone groups is 1. The molecule has 1 atom stereocenters. The first kappa shape index (κ1) is 15.7. The highest BCUT2D eigenvalue weighted by molar-refractivity contribution is 7.12. The maximum atomic E-state index is 13.4. The summed E-state index contributed by atoms with van der Waals surface area (Å²) in [5.41, 5.74) is -2.91. The fourth-order valence-electron chi connectivity index (χ4n) is 2.28. The third-order valence-electron chi connectivity index (χ3n) is 3.47. The third kappa shape index (κ3) is 2.64. The van der Waals surface area contributed by atoms with Crippen LogP contribution in [0.4, 0.5) is 13.2 Å². The Kier molecular flexibility index (Phi) is 3.73. The van der Waals surface area contributed by atoms with E-state index in [1.165, 1.54) is 6.07 Å². The van der Waals surface area contributed by atoms with Gasteiger partial charge in [0.15, 0.2) is 0 Å². The van der Waals surface area contributed by atoms with Crippen LogP contribution in [0.3, 0.4) is 0 Å². The van der Waals surface area contributed by atoms with Gasteiger partial charge in [-0.1, -0.05) is 36.4 Å². The van der Waals surface area contributed by atoms with Crippen LogP contribution < -0.4 is 0 Å². The van der Waals surface area contributed by atoms with Crippen LogP contribution >= 0.6 is 11.3 Å². The molecule has 1 N–H and O–H groups in total. The van der Waals surface area contributed by atoms with Gasteiger partial charge in [-0.2, -0.15) is 23.3 Å². The van der Waals surface area contributed by atoms with Gasteiger partial charge in [-0.05, 0) is 17.0 Å². The lowest BCUT2D eigenvalue weighted by Gasteiger charge is -2.32. The van der Waals surface area contributed by atoms with Crippen molar-refractivity contribution in [3.05, 3.63) is 58.3 Å². The highest BCUT2D eigenvalue weighted by atomic mass is 32.1. The summed E-state index contributed by atoms with van der Waals surface area (Å²) in [6.07, 6.45) is -5.84. The van der Waals surface area contributed by atoms with Crippen LogP contribution in [0.2, 0.25) is 0 Å². The molecular formula is C15H11F3N2O2S. The van der Waals surface area contributed by atoms with E-state index in [0.29, 0.717) is 5.56 Å². The van der Waals surface area contributed by atoms with Crippen LogP contribution in [0.25, 0.3) is 0 Å². The Morgan fingerprint density at radius 3 is 2.48 bits per heavy atom. The first-order valence-corrected chi connectivity index (χ1v) is 7.51. The lowest BCUT2D eigenvalue weighted by Crippen LogP contribution is -2.56. The number of nitrogens with zero attached hydrogens (tertiary/aromatic N) is 2. The number of benzene rings is 1. The van der Waals surface area contributed by atoms with E-state index < -0.39 is 24.2 Å². The second-order valence-electron chi connectivity index (χ2n) is 5.00. The molecule has 1 aromatic carbocycles. The number of carbonyl (C=O) groups excluding carboxylic acids is 1. The van der Waals surface area contributed by atoms with Crippen LogP contribution in [0.15, 0.2) is 52.9 Å². The Bertz CT molecular complexity index is 744. The van der Waals surface area contributed by atoms with E-state index >= 15 is 0 Å². The average Bonchev–Trinajstić information content (AvgIpc) is 3.15. The number of thiophene rings is 1. The summed E-state index contributed by atoms with van der Waals surface area (Å²) in [6.45, 7) is 0. The van der Waals surface area contributed by atoms with Gasteiger partial charge in [-0.25, -0.2) is 0 Å².